The maximum absolute atomic E-state index is 12.9. The summed E-state index contributed by atoms with van der Waals surface area (Å²) in [5.74, 6) is 0.391. The Balaban J connectivity index is 1.79. The number of carbonyl (C=O) groups is 3. The first-order chi connectivity index (χ1) is 17.9. The molecule has 202 valence electrons. The molecule has 3 rings (SSSR count). The van der Waals surface area contributed by atoms with Crippen molar-refractivity contribution in [1.82, 2.24) is 9.38 Å². The summed E-state index contributed by atoms with van der Waals surface area (Å²) >= 11 is 0. The summed E-state index contributed by atoms with van der Waals surface area (Å²) in [6.07, 6.45) is 1.33. The molecule has 0 radical (unpaired) electrons. The van der Waals surface area contributed by atoms with Crippen molar-refractivity contribution in [3.8, 4) is 17.2 Å². The largest absolute Gasteiger partial charge is 0.529 e. The van der Waals surface area contributed by atoms with Crippen molar-refractivity contribution in [3.05, 3.63) is 60.4 Å². The lowest BCUT2D eigenvalue weighted by Crippen LogP contribution is -2.52. The molecule has 0 aromatic heterocycles. The van der Waals surface area contributed by atoms with Crippen LogP contribution in [0.3, 0.4) is 0 Å². The van der Waals surface area contributed by atoms with E-state index < -0.39 is 28.2 Å². The van der Waals surface area contributed by atoms with E-state index in [0.717, 1.165) is 0 Å². The zero-order chi connectivity index (χ0) is 28.1. The highest BCUT2D eigenvalue weighted by Gasteiger charge is 2.46. The van der Waals surface area contributed by atoms with Crippen molar-refractivity contribution in [2.45, 2.75) is 32.8 Å². The number of methoxy groups -OCH3 is 2. The first-order valence-electron chi connectivity index (χ1n) is 11.8. The molecule has 0 saturated carbocycles. The number of esters is 1. The zero-order valence-corrected chi connectivity index (χ0v) is 22.3. The van der Waals surface area contributed by atoms with Crippen LogP contribution >= 0.6 is 0 Å². The Morgan fingerprint density at radius 3 is 2.13 bits per heavy atom. The third-order valence-corrected chi connectivity index (χ3v) is 5.69. The maximum atomic E-state index is 12.9. The molecule has 0 aliphatic carbocycles. The van der Waals surface area contributed by atoms with Gasteiger partial charge in [0.05, 0.1) is 26.8 Å². The minimum atomic E-state index is -1.18. The Labute approximate surface area is 221 Å². The average molecular weight is 527 g/mol. The minimum Gasteiger partial charge on any atom is -0.496 e. The van der Waals surface area contributed by atoms with E-state index in [2.05, 4.69) is 4.99 Å². The van der Waals surface area contributed by atoms with Crippen LogP contribution in [0.4, 0.5) is 15.3 Å². The van der Waals surface area contributed by atoms with Gasteiger partial charge >= 0.3 is 18.2 Å². The predicted molar refractivity (Wildman–Crippen MR) is 141 cm³/mol. The number of quaternary nitrogens is 1. The lowest BCUT2D eigenvalue weighted by molar-refractivity contribution is 0.0302. The molecule has 1 aliphatic heterocycles. The molecule has 38 heavy (non-hydrogen) atoms. The number of carbonyl (C=O) groups excluding carboxylic acids is 2. The van der Waals surface area contributed by atoms with Crippen LogP contribution in [0.1, 0.15) is 37.6 Å². The second-order valence-corrected chi connectivity index (χ2v) is 9.42. The van der Waals surface area contributed by atoms with Crippen LogP contribution in [0.2, 0.25) is 0 Å². The summed E-state index contributed by atoms with van der Waals surface area (Å²) in [7, 11) is 4.44. The van der Waals surface area contributed by atoms with E-state index in [0.29, 0.717) is 23.0 Å². The van der Waals surface area contributed by atoms with Gasteiger partial charge in [0, 0.05) is 25.7 Å². The second kappa shape index (κ2) is 11.3. The number of ether oxygens (including phenoxy) is 4. The lowest BCUT2D eigenvalue weighted by atomic mass is 10.1. The topological polar surface area (TPSA) is 124 Å². The van der Waals surface area contributed by atoms with Crippen LogP contribution < -0.4 is 18.7 Å². The number of amidine groups is 1. The molecule has 11 nitrogen and oxygen atoms in total. The molecule has 2 amide bonds. The summed E-state index contributed by atoms with van der Waals surface area (Å²) in [6, 6.07) is 11.0. The van der Waals surface area contributed by atoms with E-state index in [9.17, 15) is 19.5 Å². The van der Waals surface area contributed by atoms with Gasteiger partial charge < -0.3 is 29.0 Å². The molecule has 11 heteroatoms. The van der Waals surface area contributed by atoms with Crippen LogP contribution in [-0.2, 0) is 4.74 Å². The van der Waals surface area contributed by atoms with E-state index in [-0.39, 0.29) is 24.3 Å². The minimum absolute atomic E-state index is 0.126. The van der Waals surface area contributed by atoms with Gasteiger partial charge in [0.15, 0.2) is 5.69 Å². The number of carboxylic acid groups (broad SMARTS) is 1. The van der Waals surface area contributed by atoms with Gasteiger partial charge in [0.25, 0.3) is 0 Å². The van der Waals surface area contributed by atoms with Crippen molar-refractivity contribution in [3.63, 3.8) is 0 Å². The van der Waals surface area contributed by atoms with Crippen LogP contribution in [0.25, 0.3) is 0 Å². The number of aliphatic imine (C=N–C) groups is 1. The molecule has 1 unspecified atom stereocenters. The van der Waals surface area contributed by atoms with E-state index in [1.165, 1.54) is 43.7 Å². The fourth-order valence-electron chi connectivity index (χ4n) is 3.82. The summed E-state index contributed by atoms with van der Waals surface area (Å²) in [5, 5.41) is 10.2. The Morgan fingerprint density at radius 1 is 1.00 bits per heavy atom. The van der Waals surface area contributed by atoms with Gasteiger partial charge in [-0.1, -0.05) is 6.07 Å². The highest BCUT2D eigenvalue weighted by Crippen LogP contribution is 2.33. The normalized spacial score (nSPS) is 16.4. The van der Waals surface area contributed by atoms with E-state index in [1.807, 2.05) is 0 Å². The SMILES string of the molecule is COc1cccc(OC)c1C(=O)Oc1ccc([N+]2(C(=O)O)C=CN=C2CCN(C)C(=O)OC(C)(C)C)cc1. The zero-order valence-electron chi connectivity index (χ0n) is 22.3. The Hall–Kier alpha value is -4.38. The van der Waals surface area contributed by atoms with Gasteiger partial charge in [-0.3, -0.25) is 0 Å². The van der Waals surface area contributed by atoms with E-state index in [1.54, 1.807) is 58.2 Å². The third-order valence-electron chi connectivity index (χ3n) is 5.69. The third kappa shape index (κ3) is 5.94. The number of rotatable bonds is 8. The molecular weight excluding hydrogens is 494 g/mol. The highest BCUT2D eigenvalue weighted by atomic mass is 16.6. The Kier molecular flexibility index (Phi) is 8.42. The van der Waals surface area contributed by atoms with Crippen molar-refractivity contribution < 1.29 is 38.4 Å². The predicted octanol–water partition coefficient (Wildman–Crippen LogP) is 5.05. The van der Waals surface area contributed by atoms with Crippen LogP contribution in [0, 0.1) is 0 Å². The molecule has 0 saturated heterocycles. The van der Waals surface area contributed by atoms with Crippen LogP contribution in [0.15, 0.2) is 59.9 Å². The molecular formula is C27H32N3O8+. The average Bonchev–Trinajstić information content (AvgIpc) is 3.31. The highest BCUT2D eigenvalue weighted by molar-refractivity contribution is 6.11. The standard InChI is InChI=1S/C27H31N3O8/c1-27(2,3)38-25(32)29(4)16-14-22-28-15-17-30(22,26(33)34)18-10-12-19(13-11-18)37-24(31)23-20(35-5)8-7-9-21(23)36-6/h7-13,15,17H,14,16H2,1-6H3/p+1. The number of benzene rings is 2. The van der Waals surface area contributed by atoms with Crippen LogP contribution in [-0.4, -0.2) is 67.4 Å². The molecule has 2 aromatic carbocycles. The number of amides is 2. The van der Waals surface area contributed by atoms with Crippen molar-refractivity contribution in [2.24, 2.45) is 4.99 Å². The Morgan fingerprint density at radius 2 is 1.61 bits per heavy atom. The quantitative estimate of drug-likeness (QED) is 0.288. The van der Waals surface area contributed by atoms with Gasteiger partial charge in [-0.15, -0.1) is 4.48 Å². The molecule has 1 atom stereocenters. The van der Waals surface area contributed by atoms with Gasteiger partial charge in [-0.05, 0) is 45.0 Å². The second-order valence-electron chi connectivity index (χ2n) is 9.42. The lowest BCUT2D eigenvalue weighted by Gasteiger charge is -2.28. The fourth-order valence-corrected chi connectivity index (χ4v) is 3.82. The monoisotopic (exact) mass is 526 g/mol. The number of nitrogens with zero attached hydrogens (tertiary/aromatic N) is 3. The van der Waals surface area contributed by atoms with Crippen molar-refractivity contribution >= 4 is 29.7 Å². The van der Waals surface area contributed by atoms with Crippen molar-refractivity contribution in [1.29, 1.82) is 0 Å². The first kappa shape index (κ1) is 28.2. The summed E-state index contributed by atoms with van der Waals surface area (Å²) < 4.78 is 20.7. The number of hydrogen-bond donors (Lipinski definition) is 1. The molecule has 0 bridgehead atoms. The van der Waals surface area contributed by atoms with E-state index >= 15 is 0 Å². The summed E-state index contributed by atoms with van der Waals surface area (Å²) in [5.41, 5.74) is -0.165. The molecule has 0 fully saturated rings. The molecule has 0 spiro atoms. The Bertz CT molecular complexity index is 1240. The molecule has 1 N–H and O–H groups in total. The number of hydrogen-bond acceptors (Lipinski definition) is 8. The summed E-state index contributed by atoms with van der Waals surface area (Å²) in [4.78, 5) is 43.3. The van der Waals surface area contributed by atoms with Gasteiger partial charge in [0.2, 0.25) is 5.84 Å². The fraction of sp³-hybridized carbons (Fsp3) is 0.333. The first-order valence-corrected chi connectivity index (χ1v) is 11.8. The van der Waals surface area contributed by atoms with Gasteiger partial charge in [-0.2, -0.15) is 4.79 Å². The van der Waals surface area contributed by atoms with E-state index in [4.69, 9.17) is 18.9 Å². The molecule has 2 aromatic rings. The summed E-state index contributed by atoms with van der Waals surface area (Å²) in [6.45, 7) is 5.50. The van der Waals surface area contributed by atoms with Gasteiger partial charge in [0.1, 0.15) is 34.6 Å². The van der Waals surface area contributed by atoms with Crippen molar-refractivity contribution in [2.75, 3.05) is 27.8 Å². The molecule has 1 heterocycles. The van der Waals surface area contributed by atoms with Gasteiger partial charge in [-0.25, -0.2) is 14.6 Å². The van der Waals surface area contributed by atoms with Crippen LogP contribution in [0.5, 0.6) is 17.2 Å². The molecule has 1 aliphatic rings. The maximum Gasteiger partial charge on any atom is 0.529 e. The smallest absolute Gasteiger partial charge is 0.496 e.